The highest BCUT2D eigenvalue weighted by atomic mass is 15.1. The van der Waals surface area contributed by atoms with Crippen LogP contribution in [0.3, 0.4) is 0 Å². The van der Waals surface area contributed by atoms with Crippen molar-refractivity contribution in [3.8, 4) is 6.07 Å². The lowest BCUT2D eigenvalue weighted by Gasteiger charge is -2.20. The molecule has 1 atom stereocenters. The molecule has 1 saturated heterocycles. The van der Waals surface area contributed by atoms with Crippen molar-refractivity contribution in [3.05, 3.63) is 35.4 Å². The normalized spacial score (nSPS) is 21.8. The second-order valence-electron chi connectivity index (χ2n) is 5.12. The Bertz CT molecular complexity index is 406. The molecule has 0 saturated carbocycles. The molecule has 1 aliphatic rings. The SMILES string of the molecule is CC1CCCN(Cc2cccc(C#N)c2)CC1. The van der Waals surface area contributed by atoms with E-state index in [4.69, 9.17) is 5.26 Å². The molecule has 0 spiro atoms. The summed E-state index contributed by atoms with van der Waals surface area (Å²) >= 11 is 0. The monoisotopic (exact) mass is 228 g/mol. The molecule has 0 bridgehead atoms. The number of rotatable bonds is 2. The second-order valence-corrected chi connectivity index (χ2v) is 5.12. The molecule has 1 aromatic rings. The van der Waals surface area contributed by atoms with Crippen molar-refractivity contribution in [1.82, 2.24) is 4.90 Å². The van der Waals surface area contributed by atoms with E-state index in [1.807, 2.05) is 18.2 Å². The van der Waals surface area contributed by atoms with Gasteiger partial charge in [-0.2, -0.15) is 5.26 Å². The van der Waals surface area contributed by atoms with Gasteiger partial charge in [0.25, 0.3) is 0 Å². The average molecular weight is 228 g/mol. The van der Waals surface area contributed by atoms with Crippen LogP contribution in [0.1, 0.15) is 37.3 Å². The van der Waals surface area contributed by atoms with E-state index in [2.05, 4.69) is 24.0 Å². The fraction of sp³-hybridized carbons (Fsp3) is 0.533. The maximum Gasteiger partial charge on any atom is 0.0991 e. The first-order valence-electron chi connectivity index (χ1n) is 6.49. The third-order valence-corrected chi connectivity index (χ3v) is 3.57. The Kier molecular flexibility index (Phi) is 4.17. The minimum absolute atomic E-state index is 0.769. The van der Waals surface area contributed by atoms with Crippen LogP contribution in [0, 0.1) is 17.2 Å². The van der Waals surface area contributed by atoms with E-state index in [-0.39, 0.29) is 0 Å². The van der Waals surface area contributed by atoms with Gasteiger partial charge in [-0.15, -0.1) is 0 Å². The molecule has 2 rings (SSSR count). The Balaban J connectivity index is 1.97. The molecule has 1 unspecified atom stereocenters. The molecule has 0 aliphatic carbocycles. The first-order chi connectivity index (χ1) is 8.28. The summed E-state index contributed by atoms with van der Waals surface area (Å²) in [5.74, 6) is 0.866. The highest BCUT2D eigenvalue weighted by Crippen LogP contribution is 2.18. The predicted molar refractivity (Wildman–Crippen MR) is 69.4 cm³/mol. The third kappa shape index (κ3) is 3.57. The van der Waals surface area contributed by atoms with Crippen LogP contribution >= 0.6 is 0 Å². The zero-order valence-corrected chi connectivity index (χ0v) is 10.5. The maximum absolute atomic E-state index is 8.88. The van der Waals surface area contributed by atoms with Crippen LogP contribution in [0.25, 0.3) is 0 Å². The summed E-state index contributed by atoms with van der Waals surface area (Å²) in [6.45, 7) is 5.72. The van der Waals surface area contributed by atoms with E-state index in [9.17, 15) is 0 Å². The summed E-state index contributed by atoms with van der Waals surface area (Å²) in [5.41, 5.74) is 2.03. The smallest absolute Gasteiger partial charge is 0.0991 e. The lowest BCUT2D eigenvalue weighted by molar-refractivity contribution is 0.273. The standard InChI is InChI=1S/C15H20N2/c1-13-4-3-8-17(9-7-13)12-15-6-2-5-14(10-15)11-16/h2,5-6,10,13H,3-4,7-9,12H2,1H3. The zero-order valence-electron chi connectivity index (χ0n) is 10.5. The lowest BCUT2D eigenvalue weighted by atomic mass is 10.0. The second kappa shape index (κ2) is 5.84. The van der Waals surface area contributed by atoms with Crippen molar-refractivity contribution in [2.24, 2.45) is 5.92 Å². The minimum atomic E-state index is 0.769. The molecule has 1 heterocycles. The molecule has 1 fully saturated rings. The van der Waals surface area contributed by atoms with E-state index >= 15 is 0 Å². The van der Waals surface area contributed by atoms with Gasteiger partial charge < -0.3 is 0 Å². The fourth-order valence-electron chi connectivity index (χ4n) is 2.48. The van der Waals surface area contributed by atoms with Crippen molar-refractivity contribution in [2.45, 2.75) is 32.7 Å². The molecule has 90 valence electrons. The average Bonchev–Trinajstić information content (AvgIpc) is 2.55. The van der Waals surface area contributed by atoms with E-state index in [1.165, 1.54) is 37.9 Å². The highest BCUT2D eigenvalue weighted by Gasteiger charge is 2.13. The minimum Gasteiger partial charge on any atom is -0.299 e. The van der Waals surface area contributed by atoms with Crippen LogP contribution < -0.4 is 0 Å². The summed E-state index contributed by atoms with van der Waals surface area (Å²) in [6.07, 6.45) is 3.96. The first-order valence-corrected chi connectivity index (χ1v) is 6.49. The maximum atomic E-state index is 8.88. The summed E-state index contributed by atoms with van der Waals surface area (Å²) in [4.78, 5) is 2.51. The van der Waals surface area contributed by atoms with Gasteiger partial charge in [0.05, 0.1) is 11.6 Å². The highest BCUT2D eigenvalue weighted by molar-refractivity contribution is 5.32. The lowest BCUT2D eigenvalue weighted by Crippen LogP contribution is -2.24. The van der Waals surface area contributed by atoms with Crippen molar-refractivity contribution in [1.29, 1.82) is 5.26 Å². The number of benzene rings is 1. The van der Waals surface area contributed by atoms with Crippen LogP contribution in [0.4, 0.5) is 0 Å². The van der Waals surface area contributed by atoms with Crippen LogP contribution in [0.5, 0.6) is 0 Å². The number of hydrogen-bond acceptors (Lipinski definition) is 2. The summed E-state index contributed by atoms with van der Waals surface area (Å²) in [6, 6.07) is 10.2. The Labute approximate surface area is 104 Å². The van der Waals surface area contributed by atoms with Crippen LogP contribution in [-0.2, 0) is 6.54 Å². The number of nitrogens with zero attached hydrogens (tertiary/aromatic N) is 2. The van der Waals surface area contributed by atoms with Gasteiger partial charge in [-0.25, -0.2) is 0 Å². The van der Waals surface area contributed by atoms with Gasteiger partial charge in [-0.1, -0.05) is 19.1 Å². The molecule has 0 amide bonds. The predicted octanol–water partition coefficient (Wildman–Crippen LogP) is 3.18. The summed E-state index contributed by atoms with van der Waals surface area (Å²) in [7, 11) is 0. The number of likely N-dealkylation sites (tertiary alicyclic amines) is 1. The van der Waals surface area contributed by atoms with Crippen molar-refractivity contribution >= 4 is 0 Å². The quantitative estimate of drug-likeness (QED) is 0.777. The Hall–Kier alpha value is -1.33. The Morgan fingerprint density at radius 2 is 2.24 bits per heavy atom. The van der Waals surface area contributed by atoms with Gasteiger partial charge in [0.1, 0.15) is 0 Å². The van der Waals surface area contributed by atoms with Crippen molar-refractivity contribution in [3.63, 3.8) is 0 Å². The van der Waals surface area contributed by atoms with Crippen LogP contribution in [0.2, 0.25) is 0 Å². The van der Waals surface area contributed by atoms with Gasteiger partial charge in [0.15, 0.2) is 0 Å². The van der Waals surface area contributed by atoms with E-state index < -0.39 is 0 Å². The number of nitriles is 1. The van der Waals surface area contributed by atoms with E-state index in [1.54, 1.807) is 0 Å². The van der Waals surface area contributed by atoms with E-state index in [0.29, 0.717) is 0 Å². The number of hydrogen-bond donors (Lipinski definition) is 0. The topological polar surface area (TPSA) is 27.0 Å². The summed E-state index contributed by atoms with van der Waals surface area (Å²) in [5, 5.41) is 8.88. The summed E-state index contributed by atoms with van der Waals surface area (Å²) < 4.78 is 0. The third-order valence-electron chi connectivity index (χ3n) is 3.57. The zero-order chi connectivity index (χ0) is 12.1. The molecule has 0 N–H and O–H groups in total. The van der Waals surface area contributed by atoms with Gasteiger partial charge >= 0.3 is 0 Å². The molecule has 0 radical (unpaired) electrons. The van der Waals surface area contributed by atoms with E-state index in [0.717, 1.165) is 18.0 Å². The van der Waals surface area contributed by atoms with Crippen LogP contribution in [0.15, 0.2) is 24.3 Å². The fourth-order valence-corrected chi connectivity index (χ4v) is 2.48. The van der Waals surface area contributed by atoms with Crippen molar-refractivity contribution < 1.29 is 0 Å². The molecule has 2 nitrogen and oxygen atoms in total. The molecule has 1 aliphatic heterocycles. The Morgan fingerprint density at radius 1 is 1.35 bits per heavy atom. The molecular formula is C15H20N2. The molecule has 0 aromatic heterocycles. The molecule has 2 heteroatoms. The van der Waals surface area contributed by atoms with Crippen molar-refractivity contribution in [2.75, 3.05) is 13.1 Å². The molecule has 17 heavy (non-hydrogen) atoms. The molecule has 1 aromatic carbocycles. The Morgan fingerprint density at radius 3 is 3.06 bits per heavy atom. The largest absolute Gasteiger partial charge is 0.299 e. The molecular weight excluding hydrogens is 208 g/mol. The van der Waals surface area contributed by atoms with Gasteiger partial charge in [-0.05, 0) is 56.0 Å². The van der Waals surface area contributed by atoms with Gasteiger partial charge in [0.2, 0.25) is 0 Å². The first kappa shape index (κ1) is 12.1. The van der Waals surface area contributed by atoms with Gasteiger partial charge in [0, 0.05) is 6.54 Å². The van der Waals surface area contributed by atoms with Crippen LogP contribution in [-0.4, -0.2) is 18.0 Å². The van der Waals surface area contributed by atoms with Gasteiger partial charge in [-0.3, -0.25) is 4.90 Å².